The summed E-state index contributed by atoms with van der Waals surface area (Å²) in [5.41, 5.74) is 2.81. The summed E-state index contributed by atoms with van der Waals surface area (Å²) in [5.74, 6) is 0. The van der Waals surface area contributed by atoms with E-state index in [9.17, 15) is 0 Å². The van der Waals surface area contributed by atoms with Crippen molar-refractivity contribution in [3.05, 3.63) is 29.8 Å². The molecule has 2 atom stereocenters. The maximum atomic E-state index is 3.67. The third-order valence-electron chi connectivity index (χ3n) is 4.24. The molecule has 0 amide bonds. The topological polar surface area (TPSA) is 15.3 Å². The first kappa shape index (κ1) is 14.4. The summed E-state index contributed by atoms with van der Waals surface area (Å²) in [6, 6.07) is 10.5. The minimum absolute atomic E-state index is 0.635. The molecule has 1 aromatic carbocycles. The second-order valence-electron chi connectivity index (χ2n) is 5.74. The van der Waals surface area contributed by atoms with Gasteiger partial charge in [-0.3, -0.25) is 0 Å². The van der Waals surface area contributed by atoms with E-state index in [0.29, 0.717) is 12.1 Å². The predicted molar refractivity (Wildman–Crippen MR) is 83.9 cm³/mol. The average Bonchev–Trinajstić information content (AvgIpc) is 2.45. The summed E-state index contributed by atoms with van der Waals surface area (Å²) in [7, 11) is 0. The van der Waals surface area contributed by atoms with Gasteiger partial charge in [0.25, 0.3) is 0 Å². The van der Waals surface area contributed by atoms with E-state index in [0.717, 1.165) is 13.0 Å². The van der Waals surface area contributed by atoms with E-state index in [1.807, 2.05) is 0 Å². The van der Waals surface area contributed by atoms with Crippen LogP contribution in [0.3, 0.4) is 0 Å². The Labute approximate surface area is 118 Å². The van der Waals surface area contributed by atoms with E-state index >= 15 is 0 Å². The largest absolute Gasteiger partial charge is 0.369 e. The molecule has 1 saturated heterocycles. The molecule has 1 aromatic rings. The zero-order chi connectivity index (χ0) is 13.7. The second-order valence-corrected chi connectivity index (χ2v) is 5.74. The van der Waals surface area contributed by atoms with Gasteiger partial charge in [-0.1, -0.05) is 26.0 Å². The van der Waals surface area contributed by atoms with Crippen molar-refractivity contribution in [3.63, 3.8) is 0 Å². The van der Waals surface area contributed by atoms with Crippen LogP contribution in [0, 0.1) is 0 Å². The van der Waals surface area contributed by atoms with Crippen LogP contribution in [0.25, 0.3) is 0 Å². The van der Waals surface area contributed by atoms with Crippen LogP contribution in [0.1, 0.15) is 45.6 Å². The van der Waals surface area contributed by atoms with Gasteiger partial charge in [0.15, 0.2) is 0 Å². The van der Waals surface area contributed by atoms with Gasteiger partial charge in [-0.15, -0.1) is 0 Å². The minimum Gasteiger partial charge on any atom is -0.369 e. The van der Waals surface area contributed by atoms with Gasteiger partial charge in [0, 0.05) is 24.3 Å². The Balaban J connectivity index is 1.94. The lowest BCUT2D eigenvalue weighted by Gasteiger charge is -2.39. The van der Waals surface area contributed by atoms with E-state index in [4.69, 9.17) is 0 Å². The standard InChI is InChI=1S/C17H28N2/c1-4-11-18-16-10-12-19(14(3)13-16)17-8-6-15(5-2)7-9-17/h6-9,14,16,18H,4-5,10-13H2,1-3H3. The molecule has 1 heterocycles. The highest BCUT2D eigenvalue weighted by atomic mass is 15.2. The lowest BCUT2D eigenvalue weighted by atomic mass is 9.97. The second kappa shape index (κ2) is 6.95. The molecule has 1 aliphatic heterocycles. The van der Waals surface area contributed by atoms with Gasteiger partial charge in [-0.05, 0) is 56.8 Å². The fraction of sp³-hybridized carbons (Fsp3) is 0.647. The first-order valence-corrected chi connectivity index (χ1v) is 7.83. The van der Waals surface area contributed by atoms with Crippen LogP contribution in [-0.4, -0.2) is 25.2 Å². The van der Waals surface area contributed by atoms with Crippen LogP contribution in [0.2, 0.25) is 0 Å². The molecule has 106 valence electrons. The average molecular weight is 260 g/mol. The quantitative estimate of drug-likeness (QED) is 0.870. The number of hydrogen-bond acceptors (Lipinski definition) is 2. The normalized spacial score (nSPS) is 23.6. The monoisotopic (exact) mass is 260 g/mol. The zero-order valence-corrected chi connectivity index (χ0v) is 12.7. The maximum absolute atomic E-state index is 3.67. The molecule has 0 bridgehead atoms. The highest BCUT2D eigenvalue weighted by molar-refractivity contribution is 5.49. The van der Waals surface area contributed by atoms with Crippen LogP contribution < -0.4 is 10.2 Å². The Hall–Kier alpha value is -1.02. The Bertz CT molecular complexity index is 371. The van der Waals surface area contributed by atoms with Gasteiger partial charge in [0.2, 0.25) is 0 Å². The van der Waals surface area contributed by atoms with Crippen LogP contribution in [0.15, 0.2) is 24.3 Å². The van der Waals surface area contributed by atoms with Crippen LogP contribution in [-0.2, 0) is 6.42 Å². The fourth-order valence-corrected chi connectivity index (χ4v) is 3.01. The van der Waals surface area contributed by atoms with Crippen LogP contribution >= 0.6 is 0 Å². The molecular weight excluding hydrogens is 232 g/mol. The Morgan fingerprint density at radius 1 is 1.21 bits per heavy atom. The van der Waals surface area contributed by atoms with E-state index in [-0.39, 0.29) is 0 Å². The molecule has 1 fully saturated rings. The molecule has 0 aliphatic carbocycles. The highest BCUT2D eigenvalue weighted by Crippen LogP contribution is 2.25. The van der Waals surface area contributed by atoms with Crippen molar-refractivity contribution >= 4 is 5.69 Å². The highest BCUT2D eigenvalue weighted by Gasteiger charge is 2.24. The molecule has 2 rings (SSSR count). The molecule has 0 aromatic heterocycles. The number of nitrogens with zero attached hydrogens (tertiary/aromatic N) is 1. The molecule has 0 spiro atoms. The summed E-state index contributed by atoms with van der Waals surface area (Å²) in [6.45, 7) is 9.13. The van der Waals surface area contributed by atoms with Crippen molar-refractivity contribution in [2.24, 2.45) is 0 Å². The van der Waals surface area contributed by atoms with Gasteiger partial charge in [0.1, 0.15) is 0 Å². The predicted octanol–water partition coefficient (Wildman–Crippen LogP) is 3.61. The van der Waals surface area contributed by atoms with Gasteiger partial charge in [-0.25, -0.2) is 0 Å². The molecular formula is C17H28N2. The van der Waals surface area contributed by atoms with E-state index in [2.05, 4.69) is 55.3 Å². The number of hydrogen-bond donors (Lipinski definition) is 1. The first-order valence-electron chi connectivity index (χ1n) is 7.83. The van der Waals surface area contributed by atoms with Crippen molar-refractivity contribution < 1.29 is 0 Å². The van der Waals surface area contributed by atoms with Gasteiger partial charge in [0.05, 0.1) is 0 Å². The van der Waals surface area contributed by atoms with Crippen LogP contribution in [0.5, 0.6) is 0 Å². The third-order valence-corrected chi connectivity index (χ3v) is 4.24. The zero-order valence-electron chi connectivity index (χ0n) is 12.7. The SMILES string of the molecule is CCCNC1CCN(c2ccc(CC)cc2)C(C)C1. The van der Waals surface area contributed by atoms with Crippen molar-refractivity contribution in [2.45, 2.75) is 58.5 Å². The maximum Gasteiger partial charge on any atom is 0.0368 e. The lowest BCUT2D eigenvalue weighted by Crippen LogP contribution is -2.47. The number of nitrogens with one attached hydrogen (secondary N) is 1. The molecule has 1 N–H and O–H groups in total. The summed E-state index contributed by atoms with van der Waals surface area (Å²) in [6.07, 6.45) is 4.88. The smallest absolute Gasteiger partial charge is 0.0368 e. The van der Waals surface area contributed by atoms with Crippen molar-refractivity contribution in [1.29, 1.82) is 0 Å². The van der Waals surface area contributed by atoms with E-state index in [1.54, 1.807) is 0 Å². The number of anilines is 1. The summed E-state index contributed by atoms with van der Waals surface area (Å²) >= 11 is 0. The summed E-state index contributed by atoms with van der Waals surface area (Å²) < 4.78 is 0. The molecule has 2 unspecified atom stereocenters. The molecule has 2 heteroatoms. The summed E-state index contributed by atoms with van der Waals surface area (Å²) in [4.78, 5) is 2.56. The van der Waals surface area contributed by atoms with Gasteiger partial charge in [-0.2, -0.15) is 0 Å². The molecule has 2 nitrogen and oxygen atoms in total. The van der Waals surface area contributed by atoms with Gasteiger partial charge >= 0.3 is 0 Å². The Morgan fingerprint density at radius 3 is 2.53 bits per heavy atom. The molecule has 19 heavy (non-hydrogen) atoms. The fourth-order valence-electron chi connectivity index (χ4n) is 3.01. The summed E-state index contributed by atoms with van der Waals surface area (Å²) in [5, 5.41) is 3.67. The van der Waals surface area contributed by atoms with Crippen molar-refractivity contribution in [3.8, 4) is 0 Å². The van der Waals surface area contributed by atoms with Gasteiger partial charge < -0.3 is 10.2 Å². The molecule has 0 saturated carbocycles. The minimum atomic E-state index is 0.635. The Morgan fingerprint density at radius 2 is 1.95 bits per heavy atom. The van der Waals surface area contributed by atoms with Crippen LogP contribution in [0.4, 0.5) is 5.69 Å². The number of piperidine rings is 1. The van der Waals surface area contributed by atoms with E-state index in [1.165, 1.54) is 37.1 Å². The molecule has 1 aliphatic rings. The first-order chi connectivity index (χ1) is 9.24. The van der Waals surface area contributed by atoms with E-state index < -0.39 is 0 Å². The van der Waals surface area contributed by atoms with Crippen molar-refractivity contribution in [2.75, 3.05) is 18.0 Å². The lowest BCUT2D eigenvalue weighted by molar-refractivity contribution is 0.369. The number of benzene rings is 1. The van der Waals surface area contributed by atoms with Crippen molar-refractivity contribution in [1.82, 2.24) is 5.32 Å². The number of aryl methyl sites for hydroxylation is 1. The number of rotatable bonds is 5. The Kier molecular flexibility index (Phi) is 5.26. The molecule has 0 radical (unpaired) electrons. The third kappa shape index (κ3) is 3.73.